The van der Waals surface area contributed by atoms with Gasteiger partial charge in [0.25, 0.3) is 0 Å². The molecule has 0 radical (unpaired) electrons. The molecule has 2 nitrogen and oxygen atoms in total. The largest absolute Gasteiger partial charge is 0.392 e. The number of hydrogen-bond acceptors (Lipinski definition) is 2. The average molecular weight is 258 g/mol. The molecule has 0 amide bonds. The molecule has 0 aliphatic carbocycles. The van der Waals surface area contributed by atoms with Crippen LogP contribution in [0.15, 0.2) is 28.7 Å². The molecule has 1 atom stereocenters. The van der Waals surface area contributed by atoms with Gasteiger partial charge in [0, 0.05) is 17.6 Å². The van der Waals surface area contributed by atoms with Crippen LogP contribution >= 0.6 is 15.9 Å². The maximum Gasteiger partial charge on any atom is 0.0639 e. The molecule has 0 unspecified atom stereocenters. The quantitative estimate of drug-likeness (QED) is 0.895. The van der Waals surface area contributed by atoms with Crippen LogP contribution in [0.25, 0.3) is 0 Å². The Bertz CT molecular complexity index is 288. The van der Waals surface area contributed by atoms with Crippen molar-refractivity contribution in [2.45, 2.75) is 19.6 Å². The highest BCUT2D eigenvalue weighted by Gasteiger charge is 2.03. The third kappa shape index (κ3) is 4.22. The number of aliphatic hydroxyl groups is 1. The summed E-state index contributed by atoms with van der Waals surface area (Å²) in [6, 6.07) is 8.22. The van der Waals surface area contributed by atoms with Crippen molar-refractivity contribution in [3.63, 3.8) is 0 Å². The molecular formula is C11H16BrNO. The van der Waals surface area contributed by atoms with Crippen molar-refractivity contribution >= 4 is 15.9 Å². The molecule has 0 fully saturated rings. The average Bonchev–Trinajstić information content (AvgIpc) is 2.01. The van der Waals surface area contributed by atoms with Gasteiger partial charge >= 0.3 is 0 Å². The summed E-state index contributed by atoms with van der Waals surface area (Å²) in [5.74, 6) is 0. The molecular weight excluding hydrogens is 242 g/mol. The topological polar surface area (TPSA) is 23.5 Å². The van der Waals surface area contributed by atoms with Gasteiger partial charge in [-0.3, -0.25) is 4.90 Å². The molecule has 1 N–H and O–H groups in total. The number of rotatable bonds is 4. The van der Waals surface area contributed by atoms with E-state index in [1.165, 1.54) is 5.56 Å². The van der Waals surface area contributed by atoms with Crippen LogP contribution in [0.5, 0.6) is 0 Å². The van der Waals surface area contributed by atoms with Gasteiger partial charge in [-0.1, -0.05) is 28.1 Å². The fourth-order valence-corrected chi connectivity index (χ4v) is 1.91. The van der Waals surface area contributed by atoms with Gasteiger partial charge in [-0.2, -0.15) is 0 Å². The van der Waals surface area contributed by atoms with Crippen LogP contribution in [0.1, 0.15) is 12.5 Å². The van der Waals surface area contributed by atoms with Crippen molar-refractivity contribution in [2.24, 2.45) is 0 Å². The van der Waals surface area contributed by atoms with E-state index in [1.807, 2.05) is 19.2 Å². The second kappa shape index (κ2) is 5.49. The van der Waals surface area contributed by atoms with Crippen molar-refractivity contribution in [3.05, 3.63) is 34.3 Å². The fourth-order valence-electron chi connectivity index (χ4n) is 1.46. The molecule has 0 aliphatic rings. The molecule has 3 heteroatoms. The Kier molecular flexibility index (Phi) is 4.58. The lowest BCUT2D eigenvalue weighted by Gasteiger charge is -2.18. The number of hydrogen-bond donors (Lipinski definition) is 1. The fraction of sp³-hybridized carbons (Fsp3) is 0.455. The maximum absolute atomic E-state index is 9.20. The zero-order valence-corrected chi connectivity index (χ0v) is 10.2. The molecule has 0 spiro atoms. The van der Waals surface area contributed by atoms with E-state index in [0.717, 1.165) is 11.0 Å². The minimum absolute atomic E-state index is 0.271. The second-order valence-electron chi connectivity index (χ2n) is 3.68. The molecule has 0 aliphatic heterocycles. The minimum atomic E-state index is -0.271. The van der Waals surface area contributed by atoms with Crippen molar-refractivity contribution in [1.82, 2.24) is 4.90 Å². The number of likely N-dealkylation sites (N-methyl/N-ethyl adjacent to an activating group) is 1. The van der Waals surface area contributed by atoms with E-state index in [1.54, 1.807) is 6.92 Å². The Hall–Kier alpha value is -0.380. The summed E-state index contributed by atoms with van der Waals surface area (Å²) in [6.45, 7) is 3.37. The summed E-state index contributed by atoms with van der Waals surface area (Å²) < 4.78 is 1.10. The van der Waals surface area contributed by atoms with E-state index < -0.39 is 0 Å². The Labute approximate surface area is 93.7 Å². The summed E-state index contributed by atoms with van der Waals surface area (Å²) in [6.07, 6.45) is -0.271. The second-order valence-corrected chi connectivity index (χ2v) is 4.59. The summed E-state index contributed by atoms with van der Waals surface area (Å²) in [7, 11) is 2.01. The number of nitrogens with zero attached hydrogens (tertiary/aromatic N) is 1. The van der Waals surface area contributed by atoms with Crippen molar-refractivity contribution in [2.75, 3.05) is 13.6 Å². The molecule has 0 bridgehead atoms. The van der Waals surface area contributed by atoms with Gasteiger partial charge in [-0.15, -0.1) is 0 Å². The highest BCUT2D eigenvalue weighted by molar-refractivity contribution is 9.10. The molecule has 1 aromatic carbocycles. The van der Waals surface area contributed by atoms with Gasteiger partial charge in [0.05, 0.1) is 6.10 Å². The van der Waals surface area contributed by atoms with Crippen LogP contribution in [0.4, 0.5) is 0 Å². The SMILES string of the molecule is C[C@@H](O)CN(C)Cc1cccc(Br)c1. The van der Waals surface area contributed by atoms with E-state index >= 15 is 0 Å². The number of benzene rings is 1. The van der Waals surface area contributed by atoms with Crippen molar-refractivity contribution in [1.29, 1.82) is 0 Å². The summed E-state index contributed by atoms with van der Waals surface area (Å²) in [5.41, 5.74) is 1.25. The molecule has 0 saturated carbocycles. The molecule has 1 rings (SSSR count). The molecule has 0 saturated heterocycles. The number of aliphatic hydroxyl groups excluding tert-OH is 1. The van der Waals surface area contributed by atoms with Crippen molar-refractivity contribution < 1.29 is 5.11 Å². The van der Waals surface area contributed by atoms with E-state index in [-0.39, 0.29) is 6.10 Å². The Morgan fingerprint density at radius 2 is 2.21 bits per heavy atom. The zero-order valence-electron chi connectivity index (χ0n) is 8.57. The predicted octanol–water partition coefficient (Wildman–Crippen LogP) is 2.26. The smallest absolute Gasteiger partial charge is 0.0639 e. The highest BCUT2D eigenvalue weighted by atomic mass is 79.9. The van der Waals surface area contributed by atoms with Gasteiger partial charge in [-0.25, -0.2) is 0 Å². The molecule has 1 aromatic rings. The summed E-state index contributed by atoms with van der Waals surface area (Å²) in [5, 5.41) is 9.20. The Balaban J connectivity index is 2.51. The third-order valence-corrected chi connectivity index (χ3v) is 2.41. The van der Waals surface area contributed by atoms with Gasteiger partial charge in [0.1, 0.15) is 0 Å². The van der Waals surface area contributed by atoms with Crippen LogP contribution in [0.3, 0.4) is 0 Å². The lowest BCUT2D eigenvalue weighted by molar-refractivity contribution is 0.138. The molecule has 0 heterocycles. The van der Waals surface area contributed by atoms with Crippen molar-refractivity contribution in [3.8, 4) is 0 Å². The Morgan fingerprint density at radius 1 is 1.50 bits per heavy atom. The summed E-state index contributed by atoms with van der Waals surface area (Å²) in [4.78, 5) is 2.10. The van der Waals surface area contributed by atoms with Gasteiger partial charge in [0.2, 0.25) is 0 Å². The van der Waals surface area contributed by atoms with Gasteiger partial charge < -0.3 is 5.11 Å². The normalized spacial score (nSPS) is 13.2. The maximum atomic E-state index is 9.20. The minimum Gasteiger partial charge on any atom is -0.392 e. The van der Waals surface area contributed by atoms with Crippen LogP contribution in [0, 0.1) is 0 Å². The first kappa shape index (κ1) is 11.7. The third-order valence-electron chi connectivity index (χ3n) is 1.92. The number of halogens is 1. The van der Waals surface area contributed by atoms with Crippen LogP contribution < -0.4 is 0 Å². The van der Waals surface area contributed by atoms with Gasteiger partial charge in [0.15, 0.2) is 0 Å². The Morgan fingerprint density at radius 3 is 2.79 bits per heavy atom. The molecule has 78 valence electrons. The van der Waals surface area contributed by atoms with E-state index in [4.69, 9.17) is 0 Å². The van der Waals surface area contributed by atoms with Crippen LogP contribution in [-0.2, 0) is 6.54 Å². The van der Waals surface area contributed by atoms with Crippen LogP contribution in [0.2, 0.25) is 0 Å². The lowest BCUT2D eigenvalue weighted by Crippen LogP contribution is -2.26. The van der Waals surface area contributed by atoms with E-state index in [9.17, 15) is 5.11 Å². The zero-order chi connectivity index (χ0) is 10.6. The first-order chi connectivity index (χ1) is 6.58. The highest BCUT2D eigenvalue weighted by Crippen LogP contribution is 2.12. The standard InChI is InChI=1S/C11H16BrNO/c1-9(14)7-13(2)8-10-4-3-5-11(12)6-10/h3-6,9,14H,7-8H2,1-2H3/t9-/m1/s1. The van der Waals surface area contributed by atoms with E-state index in [2.05, 4.69) is 33.0 Å². The lowest BCUT2D eigenvalue weighted by atomic mass is 10.2. The molecule has 14 heavy (non-hydrogen) atoms. The first-order valence-corrected chi connectivity index (χ1v) is 5.48. The monoisotopic (exact) mass is 257 g/mol. The summed E-state index contributed by atoms with van der Waals surface area (Å²) >= 11 is 3.44. The van der Waals surface area contributed by atoms with Gasteiger partial charge in [-0.05, 0) is 31.7 Å². The van der Waals surface area contributed by atoms with Crippen LogP contribution in [-0.4, -0.2) is 29.7 Å². The predicted molar refractivity (Wildman–Crippen MR) is 62.2 cm³/mol. The van der Waals surface area contributed by atoms with E-state index in [0.29, 0.717) is 6.54 Å². The first-order valence-electron chi connectivity index (χ1n) is 4.69. The molecule has 0 aromatic heterocycles.